The van der Waals surface area contributed by atoms with Crippen molar-refractivity contribution in [1.29, 1.82) is 0 Å². The molecule has 1 N–H and O–H groups in total. The molecule has 0 fully saturated rings. The molecule has 6 nitrogen and oxygen atoms in total. The lowest BCUT2D eigenvalue weighted by molar-refractivity contribution is -0.116. The standard InChI is InChI=1S/C18H19NO5/c1-21-14-7-5-13(10-16(14)22-2)19-18(20)8-4-12-3-6-15-17(9-12)24-11-23-15/h3,5-7,9-10H,4,8,11H2,1-2H3,(H,19,20). The van der Waals surface area contributed by atoms with Crippen molar-refractivity contribution in [2.45, 2.75) is 12.8 Å². The van der Waals surface area contributed by atoms with Crippen molar-refractivity contribution in [3.63, 3.8) is 0 Å². The molecule has 2 aromatic rings. The predicted molar refractivity (Wildman–Crippen MR) is 89.1 cm³/mol. The molecule has 0 aromatic heterocycles. The lowest BCUT2D eigenvalue weighted by Crippen LogP contribution is -2.12. The largest absolute Gasteiger partial charge is 0.493 e. The molecular formula is C18H19NO5. The highest BCUT2D eigenvalue weighted by atomic mass is 16.7. The molecule has 1 aliphatic rings. The highest BCUT2D eigenvalue weighted by Crippen LogP contribution is 2.33. The fourth-order valence-electron chi connectivity index (χ4n) is 2.49. The third-order valence-corrected chi connectivity index (χ3v) is 3.75. The van der Waals surface area contributed by atoms with Crippen LogP contribution in [-0.4, -0.2) is 26.9 Å². The third kappa shape index (κ3) is 3.53. The molecular weight excluding hydrogens is 310 g/mol. The van der Waals surface area contributed by atoms with E-state index in [1.54, 1.807) is 32.4 Å². The number of hydrogen-bond donors (Lipinski definition) is 1. The number of aryl methyl sites for hydroxylation is 1. The fourth-order valence-corrected chi connectivity index (χ4v) is 2.49. The second kappa shape index (κ2) is 7.12. The maximum Gasteiger partial charge on any atom is 0.231 e. The van der Waals surface area contributed by atoms with Gasteiger partial charge in [-0.05, 0) is 36.2 Å². The van der Waals surface area contributed by atoms with E-state index in [9.17, 15) is 4.79 Å². The van der Waals surface area contributed by atoms with Crippen LogP contribution in [0.15, 0.2) is 36.4 Å². The number of benzene rings is 2. The highest BCUT2D eigenvalue weighted by molar-refractivity contribution is 5.91. The zero-order chi connectivity index (χ0) is 16.9. The predicted octanol–water partition coefficient (Wildman–Crippen LogP) is 3.00. The number of nitrogens with one attached hydrogen (secondary N) is 1. The SMILES string of the molecule is COc1ccc(NC(=O)CCc2ccc3c(c2)OCO3)cc1OC. The topological polar surface area (TPSA) is 66.0 Å². The number of ether oxygens (including phenoxy) is 4. The number of fused-ring (bicyclic) bond motifs is 1. The average Bonchev–Trinajstić information content (AvgIpc) is 3.07. The molecule has 1 amide bonds. The normalized spacial score (nSPS) is 11.9. The van der Waals surface area contributed by atoms with Crippen LogP contribution in [0.2, 0.25) is 0 Å². The van der Waals surface area contributed by atoms with E-state index in [-0.39, 0.29) is 12.7 Å². The Kier molecular flexibility index (Phi) is 4.74. The van der Waals surface area contributed by atoms with Gasteiger partial charge in [0.15, 0.2) is 23.0 Å². The van der Waals surface area contributed by atoms with Crippen LogP contribution in [0, 0.1) is 0 Å². The van der Waals surface area contributed by atoms with Crippen molar-refractivity contribution < 1.29 is 23.7 Å². The van der Waals surface area contributed by atoms with Gasteiger partial charge in [-0.2, -0.15) is 0 Å². The Hall–Kier alpha value is -2.89. The van der Waals surface area contributed by atoms with Crippen LogP contribution in [0.25, 0.3) is 0 Å². The minimum Gasteiger partial charge on any atom is -0.493 e. The molecule has 0 bridgehead atoms. The molecule has 24 heavy (non-hydrogen) atoms. The number of amides is 1. The quantitative estimate of drug-likeness (QED) is 0.882. The summed E-state index contributed by atoms with van der Waals surface area (Å²) in [7, 11) is 3.13. The first-order valence-electron chi connectivity index (χ1n) is 7.60. The molecule has 1 heterocycles. The minimum atomic E-state index is -0.0695. The molecule has 126 valence electrons. The van der Waals surface area contributed by atoms with Gasteiger partial charge in [-0.25, -0.2) is 0 Å². The van der Waals surface area contributed by atoms with Gasteiger partial charge < -0.3 is 24.3 Å². The zero-order valence-corrected chi connectivity index (χ0v) is 13.6. The molecule has 0 unspecified atom stereocenters. The van der Waals surface area contributed by atoms with Crippen LogP contribution in [0.4, 0.5) is 5.69 Å². The summed E-state index contributed by atoms with van der Waals surface area (Å²) in [6, 6.07) is 11.0. The van der Waals surface area contributed by atoms with Gasteiger partial charge in [0.1, 0.15) is 0 Å². The average molecular weight is 329 g/mol. The van der Waals surface area contributed by atoms with Crippen LogP contribution in [0.5, 0.6) is 23.0 Å². The molecule has 0 atom stereocenters. The monoisotopic (exact) mass is 329 g/mol. The Morgan fingerprint density at radius 1 is 1.04 bits per heavy atom. The number of rotatable bonds is 6. The lowest BCUT2D eigenvalue weighted by atomic mass is 10.1. The number of anilines is 1. The van der Waals surface area contributed by atoms with Crippen molar-refractivity contribution >= 4 is 11.6 Å². The Bertz CT molecular complexity index is 744. The highest BCUT2D eigenvalue weighted by Gasteiger charge is 2.14. The van der Waals surface area contributed by atoms with E-state index in [0.29, 0.717) is 30.0 Å². The second-order valence-electron chi connectivity index (χ2n) is 5.31. The summed E-state index contributed by atoms with van der Waals surface area (Å²) in [4.78, 5) is 12.1. The van der Waals surface area contributed by atoms with Crippen LogP contribution in [0.1, 0.15) is 12.0 Å². The van der Waals surface area contributed by atoms with E-state index in [4.69, 9.17) is 18.9 Å². The number of methoxy groups -OCH3 is 2. The summed E-state index contributed by atoms with van der Waals surface area (Å²) in [5.74, 6) is 2.60. The smallest absolute Gasteiger partial charge is 0.231 e. The van der Waals surface area contributed by atoms with Gasteiger partial charge in [0, 0.05) is 18.2 Å². The van der Waals surface area contributed by atoms with Crippen molar-refractivity contribution in [3.8, 4) is 23.0 Å². The van der Waals surface area contributed by atoms with Gasteiger partial charge in [0.25, 0.3) is 0 Å². The summed E-state index contributed by atoms with van der Waals surface area (Å²) in [5.41, 5.74) is 1.70. The van der Waals surface area contributed by atoms with E-state index in [0.717, 1.165) is 17.1 Å². The Labute approximate surface area is 140 Å². The first kappa shape index (κ1) is 16.0. The van der Waals surface area contributed by atoms with E-state index in [1.807, 2.05) is 18.2 Å². The fraction of sp³-hybridized carbons (Fsp3) is 0.278. The first-order chi connectivity index (χ1) is 11.7. The van der Waals surface area contributed by atoms with Crippen molar-refractivity contribution in [1.82, 2.24) is 0 Å². The van der Waals surface area contributed by atoms with E-state index in [1.165, 1.54) is 0 Å². The number of carbonyl (C=O) groups is 1. The second-order valence-corrected chi connectivity index (χ2v) is 5.31. The molecule has 6 heteroatoms. The van der Waals surface area contributed by atoms with Gasteiger partial charge >= 0.3 is 0 Å². The Morgan fingerprint density at radius 3 is 2.62 bits per heavy atom. The third-order valence-electron chi connectivity index (χ3n) is 3.75. The zero-order valence-electron chi connectivity index (χ0n) is 13.6. The van der Waals surface area contributed by atoms with Crippen LogP contribution in [0.3, 0.4) is 0 Å². The lowest BCUT2D eigenvalue weighted by Gasteiger charge is -2.10. The van der Waals surface area contributed by atoms with Crippen LogP contribution in [-0.2, 0) is 11.2 Å². The first-order valence-corrected chi connectivity index (χ1v) is 7.60. The summed E-state index contributed by atoms with van der Waals surface area (Å²) in [6.45, 7) is 0.249. The van der Waals surface area contributed by atoms with E-state index >= 15 is 0 Å². The molecule has 2 aromatic carbocycles. The summed E-state index contributed by atoms with van der Waals surface area (Å²) in [6.07, 6.45) is 0.990. The van der Waals surface area contributed by atoms with Crippen molar-refractivity contribution in [2.24, 2.45) is 0 Å². The molecule has 3 rings (SSSR count). The van der Waals surface area contributed by atoms with E-state index < -0.39 is 0 Å². The molecule has 0 aliphatic carbocycles. The molecule has 0 saturated heterocycles. The molecule has 0 saturated carbocycles. The van der Waals surface area contributed by atoms with Gasteiger partial charge in [-0.3, -0.25) is 4.79 Å². The van der Waals surface area contributed by atoms with Crippen LogP contribution < -0.4 is 24.3 Å². The van der Waals surface area contributed by atoms with Gasteiger partial charge in [0.05, 0.1) is 14.2 Å². The molecule has 0 radical (unpaired) electrons. The summed E-state index contributed by atoms with van der Waals surface area (Å²) < 4.78 is 21.0. The maximum atomic E-state index is 12.1. The van der Waals surface area contributed by atoms with Gasteiger partial charge in [-0.1, -0.05) is 6.07 Å². The Morgan fingerprint density at radius 2 is 1.83 bits per heavy atom. The van der Waals surface area contributed by atoms with Crippen molar-refractivity contribution in [3.05, 3.63) is 42.0 Å². The Balaban J connectivity index is 1.58. The maximum absolute atomic E-state index is 12.1. The van der Waals surface area contributed by atoms with Crippen molar-refractivity contribution in [2.75, 3.05) is 26.3 Å². The van der Waals surface area contributed by atoms with Crippen LogP contribution >= 0.6 is 0 Å². The summed E-state index contributed by atoms with van der Waals surface area (Å²) >= 11 is 0. The number of carbonyl (C=O) groups excluding carboxylic acids is 1. The van der Waals surface area contributed by atoms with Gasteiger partial charge in [-0.15, -0.1) is 0 Å². The number of hydrogen-bond acceptors (Lipinski definition) is 5. The summed E-state index contributed by atoms with van der Waals surface area (Å²) in [5, 5.41) is 2.86. The minimum absolute atomic E-state index is 0.0695. The molecule has 0 spiro atoms. The van der Waals surface area contributed by atoms with Gasteiger partial charge in [0.2, 0.25) is 12.7 Å². The molecule has 1 aliphatic heterocycles. The van der Waals surface area contributed by atoms with E-state index in [2.05, 4.69) is 5.32 Å².